The van der Waals surface area contributed by atoms with E-state index in [0.717, 1.165) is 28.7 Å². The standard InChI is InChI=1S/C22H22N4O5S2/c1-2-16-8-10-18(11-9-16)24-21(28)22-26-25-19(32-22)15-31-20(27)14-23-33(29,30)13-12-17-6-4-3-5-7-17/h3-13,23H,2,14-15H2,1H3,(H,24,28)/b13-12+. The Morgan fingerprint density at radius 2 is 1.79 bits per heavy atom. The maximum Gasteiger partial charge on any atom is 0.321 e. The van der Waals surface area contributed by atoms with Crippen LogP contribution >= 0.6 is 11.3 Å². The molecule has 2 aromatic carbocycles. The van der Waals surface area contributed by atoms with Crippen molar-refractivity contribution in [1.29, 1.82) is 0 Å². The van der Waals surface area contributed by atoms with E-state index >= 15 is 0 Å². The molecular formula is C22H22N4O5S2. The number of nitrogens with zero attached hydrogens (tertiary/aromatic N) is 2. The van der Waals surface area contributed by atoms with Crippen molar-refractivity contribution in [2.45, 2.75) is 20.0 Å². The number of aryl methyl sites for hydroxylation is 1. The molecule has 0 aliphatic carbocycles. The van der Waals surface area contributed by atoms with Crippen LogP contribution in [0.2, 0.25) is 0 Å². The van der Waals surface area contributed by atoms with E-state index in [1.165, 1.54) is 6.08 Å². The first-order valence-corrected chi connectivity index (χ1v) is 12.3. The molecule has 11 heteroatoms. The van der Waals surface area contributed by atoms with Crippen molar-refractivity contribution < 1.29 is 22.7 Å². The third-order valence-corrected chi connectivity index (χ3v) is 6.23. The molecule has 33 heavy (non-hydrogen) atoms. The third kappa shape index (κ3) is 7.90. The Labute approximate surface area is 195 Å². The number of esters is 1. The first-order chi connectivity index (χ1) is 15.8. The number of amides is 1. The first-order valence-electron chi connectivity index (χ1n) is 9.96. The number of ether oxygens (including phenoxy) is 1. The van der Waals surface area contributed by atoms with Crippen LogP contribution in [-0.2, 0) is 32.6 Å². The van der Waals surface area contributed by atoms with Crippen molar-refractivity contribution in [3.05, 3.63) is 81.1 Å². The molecule has 0 aliphatic rings. The largest absolute Gasteiger partial charge is 0.457 e. The Kier molecular flexibility index (Phi) is 8.41. The van der Waals surface area contributed by atoms with E-state index in [4.69, 9.17) is 4.74 Å². The highest BCUT2D eigenvalue weighted by molar-refractivity contribution is 7.92. The monoisotopic (exact) mass is 486 g/mol. The van der Waals surface area contributed by atoms with Gasteiger partial charge in [-0.15, -0.1) is 10.2 Å². The van der Waals surface area contributed by atoms with Gasteiger partial charge < -0.3 is 10.1 Å². The van der Waals surface area contributed by atoms with Gasteiger partial charge in [0.1, 0.15) is 13.2 Å². The van der Waals surface area contributed by atoms with Crippen LogP contribution in [0.15, 0.2) is 60.0 Å². The molecule has 3 rings (SSSR count). The molecule has 0 bridgehead atoms. The van der Waals surface area contributed by atoms with E-state index in [2.05, 4.69) is 20.2 Å². The average Bonchev–Trinajstić information content (AvgIpc) is 3.31. The molecule has 172 valence electrons. The summed E-state index contributed by atoms with van der Waals surface area (Å²) in [5.74, 6) is -1.21. The predicted octanol–water partition coefficient (Wildman–Crippen LogP) is 2.99. The molecule has 0 saturated heterocycles. The number of carbonyl (C=O) groups is 2. The van der Waals surface area contributed by atoms with Gasteiger partial charge in [0.25, 0.3) is 5.91 Å². The summed E-state index contributed by atoms with van der Waals surface area (Å²) in [5.41, 5.74) is 2.50. The van der Waals surface area contributed by atoms with Crippen molar-refractivity contribution in [2.24, 2.45) is 0 Å². The van der Waals surface area contributed by atoms with E-state index < -0.39 is 28.4 Å². The maximum absolute atomic E-state index is 12.3. The van der Waals surface area contributed by atoms with Crippen LogP contribution in [0, 0.1) is 0 Å². The summed E-state index contributed by atoms with van der Waals surface area (Å²) in [6.07, 6.45) is 2.32. The zero-order chi connectivity index (χ0) is 23.7. The lowest BCUT2D eigenvalue weighted by atomic mass is 10.1. The van der Waals surface area contributed by atoms with Crippen molar-refractivity contribution in [3.8, 4) is 0 Å². The molecule has 2 N–H and O–H groups in total. The summed E-state index contributed by atoms with van der Waals surface area (Å²) in [7, 11) is -3.81. The van der Waals surface area contributed by atoms with Crippen molar-refractivity contribution in [1.82, 2.24) is 14.9 Å². The smallest absolute Gasteiger partial charge is 0.321 e. The average molecular weight is 487 g/mol. The minimum Gasteiger partial charge on any atom is -0.457 e. The summed E-state index contributed by atoms with van der Waals surface area (Å²) in [6, 6.07) is 16.3. The van der Waals surface area contributed by atoms with Crippen LogP contribution in [0.1, 0.15) is 32.9 Å². The maximum atomic E-state index is 12.3. The molecule has 0 unspecified atom stereocenters. The van der Waals surface area contributed by atoms with Gasteiger partial charge in [-0.05, 0) is 35.8 Å². The number of anilines is 1. The lowest BCUT2D eigenvalue weighted by Crippen LogP contribution is -2.29. The highest BCUT2D eigenvalue weighted by atomic mass is 32.2. The Morgan fingerprint density at radius 1 is 1.06 bits per heavy atom. The fourth-order valence-corrected chi connectivity index (χ4v) is 3.94. The summed E-state index contributed by atoms with van der Waals surface area (Å²) >= 11 is 0.978. The van der Waals surface area contributed by atoms with E-state index in [0.29, 0.717) is 16.3 Å². The van der Waals surface area contributed by atoms with Gasteiger partial charge in [0, 0.05) is 11.1 Å². The number of sulfonamides is 1. The number of hydrogen-bond acceptors (Lipinski definition) is 8. The fraction of sp³-hybridized carbons (Fsp3) is 0.182. The van der Waals surface area contributed by atoms with E-state index in [-0.39, 0.29) is 11.6 Å². The number of hydrogen-bond donors (Lipinski definition) is 2. The molecule has 1 aromatic heterocycles. The van der Waals surface area contributed by atoms with Crippen LogP contribution in [0.25, 0.3) is 6.08 Å². The molecule has 1 heterocycles. The van der Waals surface area contributed by atoms with Gasteiger partial charge >= 0.3 is 5.97 Å². The first kappa shape index (κ1) is 24.2. The molecule has 0 aliphatic heterocycles. The van der Waals surface area contributed by atoms with Crippen LogP contribution in [0.4, 0.5) is 5.69 Å². The van der Waals surface area contributed by atoms with Gasteiger partial charge in [-0.2, -0.15) is 0 Å². The summed E-state index contributed by atoms with van der Waals surface area (Å²) in [5, 5.41) is 11.8. The van der Waals surface area contributed by atoms with E-state index in [1.807, 2.05) is 25.1 Å². The highest BCUT2D eigenvalue weighted by Gasteiger charge is 2.15. The summed E-state index contributed by atoms with van der Waals surface area (Å²) in [4.78, 5) is 24.2. The number of aromatic nitrogens is 2. The molecule has 0 saturated carbocycles. The number of rotatable bonds is 10. The number of carbonyl (C=O) groups excluding carboxylic acids is 2. The Morgan fingerprint density at radius 3 is 2.48 bits per heavy atom. The van der Waals surface area contributed by atoms with Gasteiger partial charge in [-0.25, -0.2) is 13.1 Å². The summed E-state index contributed by atoms with van der Waals surface area (Å²) in [6.45, 7) is 1.28. The molecule has 0 spiro atoms. The summed E-state index contributed by atoms with van der Waals surface area (Å²) < 4.78 is 31.1. The van der Waals surface area contributed by atoms with Crippen molar-refractivity contribution >= 4 is 45.0 Å². The molecule has 1 amide bonds. The Hall–Kier alpha value is -3.41. The highest BCUT2D eigenvalue weighted by Crippen LogP contribution is 2.15. The van der Waals surface area contributed by atoms with Gasteiger partial charge in [0.15, 0.2) is 5.01 Å². The van der Waals surface area contributed by atoms with Gasteiger partial charge in [-0.3, -0.25) is 9.59 Å². The third-order valence-electron chi connectivity index (χ3n) is 4.29. The van der Waals surface area contributed by atoms with Gasteiger partial charge in [0.2, 0.25) is 15.0 Å². The Balaban J connectivity index is 1.44. The quantitative estimate of drug-likeness (QED) is 0.422. The van der Waals surface area contributed by atoms with Crippen molar-refractivity contribution in [3.63, 3.8) is 0 Å². The normalized spacial score (nSPS) is 11.4. The van der Waals surface area contributed by atoms with E-state index in [9.17, 15) is 18.0 Å². The van der Waals surface area contributed by atoms with E-state index in [1.54, 1.807) is 36.4 Å². The second-order valence-corrected chi connectivity index (χ2v) is 9.46. The number of nitrogens with one attached hydrogen (secondary N) is 2. The minimum absolute atomic E-state index is 0.118. The van der Waals surface area contributed by atoms with Crippen LogP contribution in [-0.4, -0.2) is 37.0 Å². The second-order valence-electron chi connectivity index (χ2n) is 6.75. The van der Waals surface area contributed by atoms with Crippen LogP contribution in [0.5, 0.6) is 0 Å². The SMILES string of the molecule is CCc1ccc(NC(=O)c2nnc(COC(=O)CNS(=O)(=O)/C=C/c3ccccc3)s2)cc1. The van der Waals surface area contributed by atoms with Crippen molar-refractivity contribution in [2.75, 3.05) is 11.9 Å². The predicted molar refractivity (Wildman–Crippen MR) is 126 cm³/mol. The van der Waals surface area contributed by atoms with Gasteiger partial charge in [0.05, 0.1) is 0 Å². The molecule has 0 radical (unpaired) electrons. The molecular weight excluding hydrogens is 464 g/mol. The fourth-order valence-electron chi connectivity index (χ4n) is 2.55. The number of benzene rings is 2. The lowest BCUT2D eigenvalue weighted by molar-refractivity contribution is -0.143. The topological polar surface area (TPSA) is 127 Å². The van der Waals surface area contributed by atoms with Gasteiger partial charge in [-0.1, -0.05) is 60.7 Å². The molecule has 3 aromatic rings. The molecule has 9 nitrogen and oxygen atoms in total. The van der Waals surface area contributed by atoms with Crippen LogP contribution < -0.4 is 10.0 Å². The molecule has 0 atom stereocenters. The zero-order valence-corrected chi connectivity index (χ0v) is 19.4. The lowest BCUT2D eigenvalue weighted by Gasteiger charge is -2.04. The zero-order valence-electron chi connectivity index (χ0n) is 17.7. The Bertz CT molecular complexity index is 1220. The van der Waals surface area contributed by atoms with Crippen LogP contribution in [0.3, 0.4) is 0 Å². The second kappa shape index (κ2) is 11.5. The molecule has 0 fully saturated rings. The minimum atomic E-state index is -3.81.